The van der Waals surface area contributed by atoms with Gasteiger partial charge in [0.05, 0.1) is 17.5 Å². The molecule has 5 heterocycles. The van der Waals surface area contributed by atoms with E-state index in [1.54, 1.807) is 29.4 Å². The van der Waals surface area contributed by atoms with Gasteiger partial charge in [0.15, 0.2) is 16.9 Å². The van der Waals surface area contributed by atoms with Gasteiger partial charge in [0.2, 0.25) is 0 Å². The lowest BCUT2D eigenvalue weighted by Gasteiger charge is -2.34. The van der Waals surface area contributed by atoms with E-state index in [0.29, 0.717) is 42.3 Å². The maximum absolute atomic E-state index is 14.1. The second-order valence-corrected chi connectivity index (χ2v) is 10.9. The van der Waals surface area contributed by atoms with E-state index in [0.717, 1.165) is 37.0 Å². The van der Waals surface area contributed by atoms with Crippen LogP contribution < -0.4 is 10.1 Å². The van der Waals surface area contributed by atoms with Crippen molar-refractivity contribution in [2.75, 3.05) is 44.6 Å². The van der Waals surface area contributed by atoms with Crippen molar-refractivity contribution in [3.8, 4) is 11.5 Å². The fourth-order valence-corrected chi connectivity index (χ4v) is 5.68. The number of urea groups is 1. The molecule has 1 saturated heterocycles. The second-order valence-electron chi connectivity index (χ2n) is 10.9. The van der Waals surface area contributed by atoms with E-state index in [1.807, 2.05) is 17.9 Å². The van der Waals surface area contributed by atoms with E-state index in [-0.39, 0.29) is 30.3 Å². The van der Waals surface area contributed by atoms with Crippen molar-refractivity contribution in [1.82, 2.24) is 40.1 Å². The molecule has 2 N–H and O–H groups in total. The number of hydrogen-bond donors (Lipinski definition) is 2. The Hall–Kier alpha value is -4.30. The van der Waals surface area contributed by atoms with Crippen LogP contribution in [0, 0.1) is 0 Å². The van der Waals surface area contributed by atoms with Crippen LogP contribution in [-0.2, 0) is 19.3 Å². The van der Waals surface area contributed by atoms with Crippen molar-refractivity contribution in [2.45, 2.75) is 39.0 Å². The Morgan fingerprint density at radius 2 is 1.91 bits per heavy atom. The Bertz CT molecular complexity index is 1620. The maximum Gasteiger partial charge on any atom is 0.416 e. The number of hydrogen-bond acceptors (Lipinski definition) is 8. The lowest BCUT2D eigenvalue weighted by atomic mass is 9.96. The normalized spacial score (nSPS) is 18.1. The first kappa shape index (κ1) is 28.8. The average Bonchev–Trinajstić information content (AvgIpc) is 3.48. The molecule has 2 amide bonds. The van der Waals surface area contributed by atoms with Gasteiger partial charge in [0.25, 0.3) is 0 Å². The van der Waals surface area contributed by atoms with Crippen molar-refractivity contribution >= 4 is 22.9 Å². The molecule has 0 saturated carbocycles. The molecule has 0 bridgehead atoms. The molecule has 2 aliphatic heterocycles. The van der Waals surface area contributed by atoms with Gasteiger partial charge < -0.3 is 19.9 Å². The molecule has 1 aromatic carbocycles. The van der Waals surface area contributed by atoms with Gasteiger partial charge in [-0.3, -0.25) is 9.88 Å². The molecule has 1 fully saturated rings. The zero-order chi connectivity index (χ0) is 30.1. The number of carbonyl (C=O) groups is 1. The Morgan fingerprint density at radius 3 is 2.67 bits per heavy atom. The minimum absolute atomic E-state index is 0.0898. The summed E-state index contributed by atoms with van der Waals surface area (Å²) in [6.45, 7) is 8.86. The number of pyridine rings is 2. The van der Waals surface area contributed by atoms with E-state index in [4.69, 9.17) is 4.74 Å². The number of amides is 2. The van der Waals surface area contributed by atoms with Crippen LogP contribution in [-0.4, -0.2) is 85.4 Å². The number of likely N-dealkylation sites (N-methyl/N-ethyl adjacent to an activating group) is 1. The number of benzene rings is 1. The number of anilines is 1. The predicted octanol–water partition coefficient (Wildman–Crippen LogP) is 4.85. The Morgan fingerprint density at radius 1 is 1.12 bits per heavy atom. The monoisotopic (exact) mass is 595 g/mol. The Kier molecular flexibility index (Phi) is 7.88. The van der Waals surface area contributed by atoms with Crippen molar-refractivity contribution in [1.29, 1.82) is 0 Å². The first-order valence-electron chi connectivity index (χ1n) is 14.2. The SMILES string of the molecule is CCN1CCN(Cc2ccc(NC(=O)N3Cc4cc(Oc5ccnc6[nH]nnc56)cnc4C(C)C3)cc2C(F)(F)F)CC1. The number of piperazine rings is 1. The second kappa shape index (κ2) is 11.8. The average molecular weight is 596 g/mol. The highest BCUT2D eigenvalue weighted by atomic mass is 19.4. The van der Waals surface area contributed by atoms with E-state index < -0.39 is 17.8 Å². The number of halogens is 3. The van der Waals surface area contributed by atoms with Crippen LogP contribution in [0.4, 0.5) is 23.7 Å². The molecule has 3 aromatic heterocycles. The van der Waals surface area contributed by atoms with Crippen LogP contribution >= 0.6 is 0 Å². The number of aromatic nitrogens is 5. The third kappa shape index (κ3) is 6.25. The lowest BCUT2D eigenvalue weighted by molar-refractivity contribution is -0.138. The third-order valence-corrected chi connectivity index (χ3v) is 7.98. The van der Waals surface area contributed by atoms with Gasteiger partial charge in [-0.05, 0) is 35.9 Å². The number of nitrogens with zero attached hydrogens (tertiary/aromatic N) is 7. The quantitative estimate of drug-likeness (QED) is 0.325. The minimum Gasteiger partial charge on any atom is -0.453 e. The van der Waals surface area contributed by atoms with E-state index in [9.17, 15) is 18.0 Å². The highest BCUT2D eigenvalue weighted by Crippen LogP contribution is 2.36. The zero-order valence-corrected chi connectivity index (χ0v) is 23.9. The fourth-order valence-electron chi connectivity index (χ4n) is 5.68. The highest BCUT2D eigenvalue weighted by Gasteiger charge is 2.35. The van der Waals surface area contributed by atoms with Crippen LogP contribution in [0.25, 0.3) is 11.2 Å². The summed E-state index contributed by atoms with van der Waals surface area (Å²) >= 11 is 0. The third-order valence-electron chi connectivity index (χ3n) is 7.98. The number of H-pyrrole nitrogens is 1. The van der Waals surface area contributed by atoms with E-state index >= 15 is 0 Å². The topological polar surface area (TPSA) is 115 Å². The molecule has 11 nitrogen and oxygen atoms in total. The summed E-state index contributed by atoms with van der Waals surface area (Å²) in [5.74, 6) is 0.810. The number of carbonyl (C=O) groups excluding carboxylic acids is 1. The zero-order valence-electron chi connectivity index (χ0n) is 23.9. The molecular formula is C29H32F3N9O2. The molecule has 43 heavy (non-hydrogen) atoms. The predicted molar refractivity (Wildman–Crippen MR) is 153 cm³/mol. The molecule has 6 rings (SSSR count). The molecule has 2 aliphatic rings. The van der Waals surface area contributed by atoms with Crippen molar-refractivity contribution in [3.05, 3.63) is 65.1 Å². The van der Waals surface area contributed by atoms with Crippen molar-refractivity contribution < 1.29 is 22.7 Å². The lowest BCUT2D eigenvalue weighted by Crippen LogP contribution is -2.45. The standard InChI is InChI=1S/C29H32F3N9O2/c1-3-39-8-10-40(11-9-39)16-19-4-5-21(13-23(19)29(30,31)32)35-28(42)41-15-18(2)25-20(17-41)12-22(14-34-25)43-24-6-7-33-27-26(24)36-38-37-27/h4-7,12-14,18H,3,8-11,15-17H2,1-2H3,(H,35,42)(H,33,36,37,38). The van der Waals surface area contributed by atoms with Gasteiger partial charge in [0.1, 0.15) is 5.75 Å². The number of fused-ring (bicyclic) bond motifs is 2. The van der Waals surface area contributed by atoms with Crippen LogP contribution in [0.5, 0.6) is 11.5 Å². The van der Waals surface area contributed by atoms with E-state index in [1.165, 1.54) is 6.07 Å². The van der Waals surface area contributed by atoms with Gasteiger partial charge in [0, 0.05) is 69.7 Å². The molecule has 14 heteroatoms. The number of ether oxygens (including phenoxy) is 1. The molecule has 226 valence electrons. The van der Waals surface area contributed by atoms with Crippen molar-refractivity contribution in [2.24, 2.45) is 0 Å². The van der Waals surface area contributed by atoms with Crippen LogP contribution in [0.1, 0.15) is 42.1 Å². The number of aromatic amines is 1. The Labute approximate surface area is 246 Å². The summed E-state index contributed by atoms with van der Waals surface area (Å²) in [7, 11) is 0. The molecule has 1 unspecified atom stereocenters. The van der Waals surface area contributed by atoms with Gasteiger partial charge in [-0.25, -0.2) is 14.9 Å². The van der Waals surface area contributed by atoms with Crippen LogP contribution in [0.15, 0.2) is 42.7 Å². The summed E-state index contributed by atoms with van der Waals surface area (Å²) in [5, 5.41) is 13.1. The summed E-state index contributed by atoms with van der Waals surface area (Å²) in [6, 6.07) is 7.03. The Balaban J connectivity index is 1.16. The molecule has 4 aromatic rings. The number of rotatable bonds is 6. The van der Waals surface area contributed by atoms with Gasteiger partial charge in [-0.1, -0.05) is 25.1 Å². The van der Waals surface area contributed by atoms with Gasteiger partial charge >= 0.3 is 12.2 Å². The number of alkyl halides is 3. The van der Waals surface area contributed by atoms with Gasteiger partial charge in [-0.15, -0.1) is 5.10 Å². The van der Waals surface area contributed by atoms with Crippen LogP contribution in [0.3, 0.4) is 0 Å². The van der Waals surface area contributed by atoms with E-state index in [2.05, 4.69) is 42.5 Å². The summed E-state index contributed by atoms with van der Waals surface area (Å²) in [4.78, 5) is 27.9. The molecular weight excluding hydrogens is 563 g/mol. The molecule has 0 spiro atoms. The van der Waals surface area contributed by atoms with Crippen LogP contribution in [0.2, 0.25) is 0 Å². The smallest absolute Gasteiger partial charge is 0.416 e. The largest absolute Gasteiger partial charge is 0.453 e. The summed E-state index contributed by atoms with van der Waals surface area (Å²) in [6.07, 6.45) is -1.36. The first-order valence-corrected chi connectivity index (χ1v) is 14.2. The minimum atomic E-state index is -4.55. The summed E-state index contributed by atoms with van der Waals surface area (Å²) in [5.41, 5.74) is 2.14. The maximum atomic E-state index is 14.1. The molecule has 0 aliphatic carbocycles. The summed E-state index contributed by atoms with van der Waals surface area (Å²) < 4.78 is 48.3. The highest BCUT2D eigenvalue weighted by molar-refractivity contribution is 5.89. The van der Waals surface area contributed by atoms with Crippen molar-refractivity contribution in [3.63, 3.8) is 0 Å². The fraction of sp³-hybridized carbons (Fsp3) is 0.414. The first-order chi connectivity index (χ1) is 20.7. The molecule has 1 atom stereocenters. The molecule has 0 radical (unpaired) electrons. The van der Waals surface area contributed by atoms with Gasteiger partial charge in [-0.2, -0.15) is 13.2 Å². The number of nitrogens with one attached hydrogen (secondary N) is 2.